The Bertz CT molecular complexity index is 1010. The van der Waals surface area contributed by atoms with Gasteiger partial charge in [0.05, 0.1) is 17.7 Å². The van der Waals surface area contributed by atoms with Crippen molar-refractivity contribution in [3.05, 3.63) is 59.2 Å². The van der Waals surface area contributed by atoms with Crippen LogP contribution in [-0.2, 0) is 11.8 Å². The Hall–Kier alpha value is -3.04. The lowest BCUT2D eigenvalue weighted by molar-refractivity contribution is 0.0117. The van der Waals surface area contributed by atoms with Gasteiger partial charge in [0.15, 0.2) is 0 Å². The number of piperidine rings is 1. The third kappa shape index (κ3) is 3.75. The van der Waals surface area contributed by atoms with E-state index in [0.29, 0.717) is 17.8 Å². The number of urea groups is 1. The van der Waals surface area contributed by atoms with Gasteiger partial charge in [0.2, 0.25) is 0 Å². The Morgan fingerprint density at radius 2 is 2.06 bits per heavy atom. The Balaban J connectivity index is 1.70. The molecule has 2 bridgehead atoms. The summed E-state index contributed by atoms with van der Waals surface area (Å²) in [5.41, 5.74) is 3.44. The first kappa shape index (κ1) is 21.2. The van der Waals surface area contributed by atoms with Gasteiger partial charge in [-0.15, -0.1) is 0 Å². The van der Waals surface area contributed by atoms with Gasteiger partial charge in [-0.3, -0.25) is 0 Å². The fraction of sp³-hybridized carbons (Fsp3) is 0.440. The molecule has 2 N–H and O–H groups in total. The zero-order valence-electron chi connectivity index (χ0n) is 18.4. The highest BCUT2D eigenvalue weighted by Gasteiger charge is 2.53. The lowest BCUT2D eigenvalue weighted by atomic mass is 9.61. The Labute approximate surface area is 184 Å². The standard InChI is InChI=1S/C25H30N4O2/c1-4-12-29(24(31)27-19-8-5-17(16-26)6-9-19)23-22-14-18-7-10-20(30)15-21(18)25(23,2)11-13-28(22)3/h5-10,15,22-23,30H,4,11-14H2,1-3H3,(H,27,31). The second kappa shape index (κ2) is 8.24. The molecule has 1 fully saturated rings. The summed E-state index contributed by atoms with van der Waals surface area (Å²) < 4.78 is 0. The zero-order chi connectivity index (χ0) is 22.2. The Morgan fingerprint density at radius 1 is 1.32 bits per heavy atom. The number of carbonyl (C=O) groups is 1. The first-order valence-electron chi connectivity index (χ1n) is 11.0. The molecule has 2 amide bonds. The van der Waals surface area contributed by atoms with E-state index in [0.717, 1.165) is 31.4 Å². The van der Waals surface area contributed by atoms with Crippen molar-refractivity contribution >= 4 is 11.7 Å². The summed E-state index contributed by atoms with van der Waals surface area (Å²) >= 11 is 0. The predicted molar refractivity (Wildman–Crippen MR) is 121 cm³/mol. The first-order chi connectivity index (χ1) is 14.9. The van der Waals surface area contributed by atoms with Gasteiger partial charge in [-0.05, 0) is 80.4 Å². The molecule has 6 heteroatoms. The van der Waals surface area contributed by atoms with E-state index in [-0.39, 0.29) is 29.3 Å². The second-order valence-electron chi connectivity index (χ2n) is 9.02. The van der Waals surface area contributed by atoms with Crippen LogP contribution < -0.4 is 5.32 Å². The van der Waals surface area contributed by atoms with Gasteiger partial charge in [-0.25, -0.2) is 4.79 Å². The van der Waals surface area contributed by atoms with Gasteiger partial charge in [-0.1, -0.05) is 19.9 Å². The SMILES string of the molecule is CCCN(C(=O)Nc1ccc(C#N)cc1)C1C2Cc3ccc(O)cc3C1(C)CCN2C. The van der Waals surface area contributed by atoms with Gasteiger partial charge in [0.25, 0.3) is 0 Å². The lowest BCUT2D eigenvalue weighted by Gasteiger charge is -2.57. The second-order valence-corrected chi connectivity index (χ2v) is 9.02. The molecular weight excluding hydrogens is 388 g/mol. The highest BCUT2D eigenvalue weighted by atomic mass is 16.3. The van der Waals surface area contributed by atoms with Crippen LogP contribution in [0.15, 0.2) is 42.5 Å². The summed E-state index contributed by atoms with van der Waals surface area (Å²) in [5, 5.41) is 22.3. The molecule has 0 radical (unpaired) electrons. The molecule has 6 nitrogen and oxygen atoms in total. The van der Waals surface area contributed by atoms with Crippen LogP contribution in [0.25, 0.3) is 0 Å². The highest BCUT2D eigenvalue weighted by Crippen LogP contribution is 2.47. The topological polar surface area (TPSA) is 79.6 Å². The van der Waals surface area contributed by atoms with Crippen LogP contribution in [0.1, 0.15) is 43.4 Å². The van der Waals surface area contributed by atoms with Crippen molar-refractivity contribution in [2.24, 2.45) is 0 Å². The molecule has 2 aromatic carbocycles. The fourth-order valence-electron chi connectivity index (χ4n) is 5.43. The number of hydrogen-bond acceptors (Lipinski definition) is 4. The van der Waals surface area contributed by atoms with Crippen molar-refractivity contribution in [3.63, 3.8) is 0 Å². The molecule has 162 valence electrons. The predicted octanol–water partition coefficient (Wildman–Crippen LogP) is 4.09. The number of rotatable bonds is 4. The van der Waals surface area contributed by atoms with E-state index in [9.17, 15) is 9.90 Å². The van der Waals surface area contributed by atoms with Gasteiger partial charge >= 0.3 is 6.03 Å². The summed E-state index contributed by atoms with van der Waals surface area (Å²) in [6, 6.07) is 14.9. The van der Waals surface area contributed by atoms with Crippen molar-refractivity contribution in [3.8, 4) is 11.8 Å². The minimum Gasteiger partial charge on any atom is -0.508 e. The number of nitrogens with zero attached hydrogens (tertiary/aromatic N) is 3. The third-order valence-electron chi connectivity index (χ3n) is 7.03. The van der Waals surface area contributed by atoms with Crippen LogP contribution in [0.2, 0.25) is 0 Å². The van der Waals surface area contributed by atoms with Gasteiger partial charge in [0, 0.05) is 23.7 Å². The van der Waals surface area contributed by atoms with E-state index >= 15 is 0 Å². The molecule has 1 aliphatic carbocycles. The minimum absolute atomic E-state index is 0.00104. The third-order valence-corrected chi connectivity index (χ3v) is 7.03. The summed E-state index contributed by atoms with van der Waals surface area (Å²) in [5.74, 6) is 0.278. The number of nitriles is 1. The highest BCUT2D eigenvalue weighted by molar-refractivity contribution is 5.90. The maximum absolute atomic E-state index is 13.5. The van der Waals surface area contributed by atoms with Crippen molar-refractivity contribution < 1.29 is 9.90 Å². The summed E-state index contributed by atoms with van der Waals surface area (Å²) in [6.07, 6.45) is 2.64. The average molecular weight is 419 g/mol. The number of likely N-dealkylation sites (tertiary alicyclic amines) is 1. The molecule has 0 spiro atoms. The molecule has 2 aromatic rings. The molecule has 0 aromatic heterocycles. The average Bonchev–Trinajstić information content (AvgIpc) is 2.76. The molecule has 1 heterocycles. The van der Waals surface area contributed by atoms with Crippen LogP contribution in [0.5, 0.6) is 5.75 Å². The van der Waals surface area contributed by atoms with Crippen LogP contribution in [0.3, 0.4) is 0 Å². The first-order valence-corrected chi connectivity index (χ1v) is 11.0. The summed E-state index contributed by atoms with van der Waals surface area (Å²) in [4.78, 5) is 17.9. The number of phenolic OH excluding ortho intramolecular Hbond substituents is 1. The number of anilines is 1. The van der Waals surface area contributed by atoms with Gasteiger partial charge < -0.3 is 20.2 Å². The number of amides is 2. The molecule has 2 aliphatic rings. The molecule has 3 unspecified atom stereocenters. The molecule has 0 saturated carbocycles. The largest absolute Gasteiger partial charge is 0.508 e. The number of carbonyl (C=O) groups excluding carboxylic acids is 1. The van der Waals surface area contributed by atoms with Crippen molar-refractivity contribution in [2.45, 2.75) is 50.6 Å². The number of hydrogen-bond donors (Lipinski definition) is 2. The van der Waals surface area contributed by atoms with E-state index < -0.39 is 0 Å². The van der Waals surface area contributed by atoms with Gasteiger partial charge in [0.1, 0.15) is 5.75 Å². The van der Waals surface area contributed by atoms with Gasteiger partial charge in [-0.2, -0.15) is 5.26 Å². The maximum atomic E-state index is 13.5. The molecule has 3 atom stereocenters. The van der Waals surface area contributed by atoms with Crippen molar-refractivity contribution in [2.75, 3.05) is 25.5 Å². The molecule has 4 rings (SSSR count). The smallest absolute Gasteiger partial charge is 0.322 e. The van der Waals surface area contributed by atoms with E-state index in [1.807, 2.05) is 17.0 Å². The van der Waals surface area contributed by atoms with Crippen LogP contribution in [-0.4, -0.2) is 53.2 Å². The number of phenols is 1. The number of likely N-dealkylation sites (N-methyl/N-ethyl adjacent to an activating group) is 1. The van der Waals surface area contributed by atoms with Crippen molar-refractivity contribution in [1.82, 2.24) is 9.80 Å². The molecule has 31 heavy (non-hydrogen) atoms. The normalized spacial score (nSPS) is 24.7. The fourth-order valence-corrected chi connectivity index (χ4v) is 5.43. The zero-order valence-corrected chi connectivity index (χ0v) is 18.4. The van der Waals surface area contributed by atoms with E-state index in [4.69, 9.17) is 5.26 Å². The van der Waals surface area contributed by atoms with E-state index in [1.165, 1.54) is 5.56 Å². The van der Waals surface area contributed by atoms with Crippen LogP contribution >= 0.6 is 0 Å². The van der Waals surface area contributed by atoms with Crippen molar-refractivity contribution in [1.29, 1.82) is 5.26 Å². The van der Waals surface area contributed by atoms with Crippen LogP contribution in [0, 0.1) is 11.3 Å². The van der Waals surface area contributed by atoms with E-state index in [2.05, 4.69) is 37.2 Å². The molecule has 1 aliphatic heterocycles. The van der Waals surface area contributed by atoms with E-state index in [1.54, 1.807) is 30.3 Å². The number of benzene rings is 2. The summed E-state index contributed by atoms with van der Waals surface area (Å²) in [7, 11) is 2.14. The Kier molecular flexibility index (Phi) is 5.63. The number of aromatic hydroxyl groups is 1. The lowest BCUT2D eigenvalue weighted by Crippen LogP contribution is -2.68. The Morgan fingerprint density at radius 3 is 2.74 bits per heavy atom. The number of fused-ring (bicyclic) bond motifs is 4. The molecular formula is C25H30N4O2. The summed E-state index contributed by atoms with van der Waals surface area (Å²) in [6.45, 7) is 5.95. The monoisotopic (exact) mass is 418 g/mol. The number of nitrogens with one attached hydrogen (secondary N) is 1. The minimum atomic E-state index is -0.235. The van der Waals surface area contributed by atoms with Crippen LogP contribution in [0.4, 0.5) is 10.5 Å². The molecule has 1 saturated heterocycles. The quantitative estimate of drug-likeness (QED) is 0.784. The maximum Gasteiger partial charge on any atom is 0.322 e.